The number of hydrogen-bond acceptors (Lipinski definition) is 6. The van der Waals surface area contributed by atoms with Gasteiger partial charge >= 0.3 is 5.97 Å². The normalized spacial score (nSPS) is 21.4. The molecule has 3 amide bonds. The second-order valence-electron chi connectivity index (χ2n) is 13.5. The Kier molecular flexibility index (Phi) is 13.6. The number of carbonyl (C=O) groups is 4. The highest BCUT2D eigenvalue weighted by molar-refractivity contribution is 5.96. The van der Waals surface area contributed by atoms with E-state index in [0.29, 0.717) is 25.0 Å². The number of carbonyl (C=O) groups excluding carboxylic acids is 4. The van der Waals surface area contributed by atoms with Crippen molar-refractivity contribution in [2.75, 3.05) is 27.2 Å². The lowest BCUT2D eigenvalue weighted by atomic mass is 9.96. The van der Waals surface area contributed by atoms with Crippen molar-refractivity contribution in [2.24, 2.45) is 11.8 Å². The number of piperidine rings is 1. The molecule has 1 aromatic carbocycles. The summed E-state index contributed by atoms with van der Waals surface area (Å²) in [5.41, 5.74) is 1.43. The fraction of sp³-hybridized carbons (Fsp3) is 0.667. The van der Waals surface area contributed by atoms with Gasteiger partial charge in [-0.1, -0.05) is 83.9 Å². The minimum absolute atomic E-state index is 0.00899. The van der Waals surface area contributed by atoms with Crippen LogP contribution in [0.1, 0.15) is 98.2 Å². The Morgan fingerprint density at radius 2 is 1.64 bits per heavy atom. The lowest BCUT2D eigenvalue weighted by Gasteiger charge is -2.36. The first-order chi connectivity index (χ1) is 21.4. The Labute approximate surface area is 270 Å². The summed E-state index contributed by atoms with van der Waals surface area (Å²) in [6.45, 7) is 13.0. The van der Waals surface area contributed by atoms with Crippen molar-refractivity contribution in [3.8, 4) is 0 Å². The molecule has 0 aliphatic carbocycles. The van der Waals surface area contributed by atoms with Gasteiger partial charge in [-0.3, -0.25) is 19.3 Å². The van der Waals surface area contributed by atoms with Gasteiger partial charge in [0.2, 0.25) is 17.7 Å². The topological polar surface area (TPSA) is 99.3 Å². The van der Waals surface area contributed by atoms with E-state index in [0.717, 1.165) is 44.2 Å². The van der Waals surface area contributed by atoms with Crippen LogP contribution >= 0.6 is 0 Å². The molecular weight excluding hydrogens is 568 g/mol. The molecule has 9 nitrogen and oxygen atoms in total. The molecule has 250 valence electrons. The van der Waals surface area contributed by atoms with E-state index >= 15 is 0 Å². The van der Waals surface area contributed by atoms with Gasteiger partial charge in [0.05, 0.1) is 12.1 Å². The number of rotatable bonds is 13. The molecule has 2 heterocycles. The quantitative estimate of drug-likeness (QED) is 0.242. The first kappa shape index (κ1) is 36.3. The van der Waals surface area contributed by atoms with E-state index < -0.39 is 12.1 Å². The van der Waals surface area contributed by atoms with E-state index in [9.17, 15) is 19.2 Å². The minimum Gasteiger partial charge on any atom is -0.456 e. The molecule has 45 heavy (non-hydrogen) atoms. The third kappa shape index (κ3) is 9.41. The molecule has 2 aliphatic heterocycles. The Hall–Kier alpha value is -3.20. The van der Waals surface area contributed by atoms with Crippen LogP contribution in [0.4, 0.5) is 0 Å². The Morgan fingerprint density at radius 3 is 2.24 bits per heavy atom. The van der Waals surface area contributed by atoms with Crippen molar-refractivity contribution < 1.29 is 23.9 Å². The van der Waals surface area contributed by atoms with E-state index in [1.54, 1.807) is 23.8 Å². The molecule has 2 fully saturated rings. The van der Waals surface area contributed by atoms with Gasteiger partial charge in [-0.05, 0) is 70.0 Å². The van der Waals surface area contributed by atoms with E-state index in [1.807, 2.05) is 71.2 Å². The van der Waals surface area contributed by atoms with Gasteiger partial charge in [0.25, 0.3) is 0 Å². The monoisotopic (exact) mass is 624 g/mol. The first-order valence-corrected chi connectivity index (χ1v) is 16.9. The van der Waals surface area contributed by atoms with Gasteiger partial charge in [0, 0.05) is 19.2 Å². The highest BCUT2D eigenvalue weighted by Crippen LogP contribution is 2.28. The van der Waals surface area contributed by atoms with Crippen LogP contribution in [0.25, 0.3) is 0 Å². The minimum atomic E-state index is -0.679. The number of benzene rings is 1. The number of esters is 1. The number of nitrogens with one attached hydrogen (secondary N) is 1. The SMILES string of the molecule is CCCC(OC(=O)C1CCCN1C(=O)/C(C)=C/C(C(C)C)N(C)C(=O)C(NC(=O)C1CCCCN1C)C(C)C)c1ccccc1. The first-order valence-electron chi connectivity index (χ1n) is 16.9. The average Bonchev–Trinajstić information content (AvgIpc) is 3.51. The van der Waals surface area contributed by atoms with Crippen LogP contribution in [0.2, 0.25) is 0 Å². The van der Waals surface area contributed by atoms with E-state index in [4.69, 9.17) is 4.74 Å². The summed E-state index contributed by atoms with van der Waals surface area (Å²) in [5, 5.41) is 3.05. The van der Waals surface area contributed by atoms with Crippen molar-refractivity contribution in [3.05, 3.63) is 47.5 Å². The predicted octanol–water partition coefficient (Wildman–Crippen LogP) is 5.12. The fourth-order valence-electron chi connectivity index (χ4n) is 6.54. The number of hydrogen-bond donors (Lipinski definition) is 1. The van der Waals surface area contributed by atoms with Crippen LogP contribution in [-0.4, -0.2) is 89.7 Å². The Balaban J connectivity index is 1.73. The van der Waals surface area contributed by atoms with Crippen LogP contribution in [0.3, 0.4) is 0 Å². The van der Waals surface area contributed by atoms with Gasteiger partial charge in [0.15, 0.2) is 0 Å². The zero-order valence-corrected chi connectivity index (χ0v) is 28.8. The molecule has 0 bridgehead atoms. The van der Waals surface area contributed by atoms with Gasteiger partial charge < -0.3 is 19.9 Å². The third-order valence-electron chi connectivity index (χ3n) is 9.31. The summed E-state index contributed by atoms with van der Waals surface area (Å²) >= 11 is 0. The maximum atomic E-state index is 13.9. The second-order valence-corrected chi connectivity index (χ2v) is 13.5. The Morgan fingerprint density at radius 1 is 0.978 bits per heavy atom. The highest BCUT2D eigenvalue weighted by atomic mass is 16.5. The maximum absolute atomic E-state index is 13.9. The molecule has 0 spiro atoms. The predicted molar refractivity (Wildman–Crippen MR) is 177 cm³/mol. The molecule has 1 N–H and O–H groups in total. The molecule has 3 rings (SSSR count). The van der Waals surface area contributed by atoms with Crippen molar-refractivity contribution in [2.45, 2.75) is 117 Å². The van der Waals surface area contributed by atoms with Crippen LogP contribution < -0.4 is 5.32 Å². The number of likely N-dealkylation sites (N-methyl/N-ethyl adjacent to an activating group) is 2. The highest BCUT2D eigenvalue weighted by Gasteiger charge is 2.38. The Bertz CT molecular complexity index is 1180. The lowest BCUT2D eigenvalue weighted by Crippen LogP contribution is -2.57. The molecule has 5 atom stereocenters. The van der Waals surface area contributed by atoms with Gasteiger partial charge in [-0.2, -0.15) is 0 Å². The maximum Gasteiger partial charge on any atom is 0.329 e. The summed E-state index contributed by atoms with van der Waals surface area (Å²) in [5.74, 6) is -0.987. The van der Waals surface area contributed by atoms with E-state index in [1.165, 1.54) is 0 Å². The number of nitrogens with zero attached hydrogens (tertiary/aromatic N) is 3. The van der Waals surface area contributed by atoms with Gasteiger partial charge in [-0.15, -0.1) is 0 Å². The van der Waals surface area contributed by atoms with Crippen molar-refractivity contribution in [1.82, 2.24) is 20.0 Å². The number of likely N-dealkylation sites (tertiary alicyclic amines) is 2. The molecule has 1 aromatic rings. The third-order valence-corrected chi connectivity index (χ3v) is 9.31. The van der Waals surface area contributed by atoms with Crippen LogP contribution in [0.15, 0.2) is 42.0 Å². The van der Waals surface area contributed by atoms with Crippen molar-refractivity contribution in [1.29, 1.82) is 0 Å². The van der Waals surface area contributed by atoms with Crippen molar-refractivity contribution in [3.63, 3.8) is 0 Å². The smallest absolute Gasteiger partial charge is 0.329 e. The zero-order chi connectivity index (χ0) is 33.3. The zero-order valence-electron chi connectivity index (χ0n) is 28.8. The van der Waals surface area contributed by atoms with Crippen LogP contribution in [-0.2, 0) is 23.9 Å². The number of ether oxygens (including phenoxy) is 1. The average molecular weight is 625 g/mol. The summed E-state index contributed by atoms with van der Waals surface area (Å²) < 4.78 is 6.00. The van der Waals surface area contributed by atoms with Crippen LogP contribution in [0, 0.1) is 11.8 Å². The summed E-state index contributed by atoms with van der Waals surface area (Å²) in [7, 11) is 3.70. The summed E-state index contributed by atoms with van der Waals surface area (Å²) in [6.07, 6.45) is 7.20. The molecule has 5 unspecified atom stereocenters. The van der Waals surface area contributed by atoms with E-state index in [-0.39, 0.29) is 53.7 Å². The molecule has 2 aliphatic rings. The molecule has 0 saturated carbocycles. The van der Waals surface area contributed by atoms with Crippen LogP contribution in [0.5, 0.6) is 0 Å². The summed E-state index contributed by atoms with van der Waals surface area (Å²) in [6, 6.07) is 7.81. The molecule has 0 aromatic heterocycles. The van der Waals surface area contributed by atoms with Gasteiger partial charge in [-0.25, -0.2) is 4.79 Å². The largest absolute Gasteiger partial charge is 0.456 e. The second kappa shape index (κ2) is 16.9. The summed E-state index contributed by atoms with van der Waals surface area (Å²) in [4.78, 5) is 59.6. The molecular formula is C36H56N4O5. The molecule has 2 saturated heterocycles. The molecule has 0 radical (unpaired) electrons. The lowest BCUT2D eigenvalue weighted by molar-refractivity contribution is -0.158. The standard InChI is InChI=1S/C36H56N4O5/c1-9-16-31(27-17-11-10-12-18-27)45-36(44)29-20-15-22-40(29)34(42)26(6)23-30(24(2)3)39(8)35(43)32(25(4)5)37-33(41)28-19-13-14-21-38(28)7/h10-12,17-18,23-25,28-32H,9,13-16,19-22H2,1-8H3,(H,37,41)/b26-23+. The van der Waals surface area contributed by atoms with Crippen molar-refractivity contribution >= 4 is 23.7 Å². The molecule has 9 heteroatoms. The number of amides is 3. The van der Waals surface area contributed by atoms with E-state index in [2.05, 4.69) is 17.1 Å². The van der Waals surface area contributed by atoms with Gasteiger partial charge in [0.1, 0.15) is 18.2 Å². The fourth-order valence-corrected chi connectivity index (χ4v) is 6.54.